The Morgan fingerprint density at radius 1 is 1.04 bits per heavy atom. The van der Waals surface area contributed by atoms with Crippen LogP contribution in [0.5, 0.6) is 0 Å². The first kappa shape index (κ1) is 18.9. The third kappa shape index (κ3) is 5.28. The van der Waals surface area contributed by atoms with Crippen molar-refractivity contribution < 1.29 is 14.1 Å². The molecule has 0 atom stereocenters. The third-order valence-electron chi connectivity index (χ3n) is 3.37. The molecule has 0 spiro atoms. The summed E-state index contributed by atoms with van der Waals surface area (Å²) in [6, 6.07) is 6.48. The van der Waals surface area contributed by atoms with E-state index in [-0.39, 0.29) is 37.3 Å². The standard InChI is InChI=1S/C16H14Cl2N6O3/c17-11-3-1-10(2-4-11)14(25)19-5-6-20-15(26)16-22-13(23-27-16)9-24-8-12(18)7-21-24/h1-4,7-8H,5-6,9H2,(H,19,25)(H,20,26). The van der Waals surface area contributed by atoms with Gasteiger partial charge in [0.1, 0.15) is 6.54 Å². The highest BCUT2D eigenvalue weighted by Gasteiger charge is 2.15. The Morgan fingerprint density at radius 3 is 2.41 bits per heavy atom. The number of aromatic nitrogens is 4. The van der Waals surface area contributed by atoms with E-state index in [1.807, 2.05) is 0 Å². The molecule has 2 aromatic heterocycles. The van der Waals surface area contributed by atoms with Gasteiger partial charge in [0, 0.05) is 29.9 Å². The molecular weight excluding hydrogens is 395 g/mol. The molecule has 0 saturated heterocycles. The normalized spacial score (nSPS) is 10.6. The van der Waals surface area contributed by atoms with Crippen LogP contribution in [0.2, 0.25) is 10.0 Å². The molecule has 0 aliphatic rings. The first-order valence-corrected chi connectivity index (χ1v) is 8.59. The van der Waals surface area contributed by atoms with Gasteiger partial charge in [-0.3, -0.25) is 14.3 Å². The number of nitrogens with one attached hydrogen (secondary N) is 2. The molecule has 0 saturated carbocycles. The van der Waals surface area contributed by atoms with Gasteiger partial charge in [-0.1, -0.05) is 28.4 Å². The molecule has 1 aromatic carbocycles. The summed E-state index contributed by atoms with van der Waals surface area (Å²) in [6.07, 6.45) is 3.08. The number of carbonyl (C=O) groups is 2. The Morgan fingerprint density at radius 2 is 1.74 bits per heavy atom. The lowest BCUT2D eigenvalue weighted by atomic mass is 10.2. The molecule has 0 aliphatic heterocycles. The Labute approximate surface area is 163 Å². The average Bonchev–Trinajstić information content (AvgIpc) is 3.28. The summed E-state index contributed by atoms with van der Waals surface area (Å²) >= 11 is 11.5. The molecule has 27 heavy (non-hydrogen) atoms. The van der Waals surface area contributed by atoms with Crippen LogP contribution in [-0.2, 0) is 6.54 Å². The number of hydrogen-bond donors (Lipinski definition) is 2. The van der Waals surface area contributed by atoms with Gasteiger partial charge in [-0.25, -0.2) is 0 Å². The van der Waals surface area contributed by atoms with Crippen LogP contribution in [-0.4, -0.2) is 44.8 Å². The van der Waals surface area contributed by atoms with Crippen molar-refractivity contribution >= 4 is 35.0 Å². The van der Waals surface area contributed by atoms with Gasteiger partial charge in [0.05, 0.1) is 11.2 Å². The highest BCUT2D eigenvalue weighted by Crippen LogP contribution is 2.09. The van der Waals surface area contributed by atoms with E-state index in [0.717, 1.165) is 0 Å². The maximum Gasteiger partial charge on any atom is 0.316 e. The molecule has 0 aliphatic carbocycles. The number of carbonyl (C=O) groups excluding carboxylic acids is 2. The first-order valence-electron chi connectivity index (χ1n) is 7.84. The second-order valence-electron chi connectivity index (χ2n) is 5.39. The largest absolute Gasteiger partial charge is 0.350 e. The molecule has 0 fully saturated rings. The van der Waals surface area contributed by atoms with Crippen molar-refractivity contribution in [3.8, 4) is 0 Å². The maximum absolute atomic E-state index is 12.0. The number of halogens is 2. The predicted molar refractivity (Wildman–Crippen MR) is 96.8 cm³/mol. The van der Waals surface area contributed by atoms with Crippen LogP contribution >= 0.6 is 23.2 Å². The highest BCUT2D eigenvalue weighted by molar-refractivity contribution is 6.30. The Balaban J connectivity index is 1.43. The summed E-state index contributed by atoms with van der Waals surface area (Å²) in [4.78, 5) is 27.9. The van der Waals surface area contributed by atoms with Crippen LogP contribution in [0.1, 0.15) is 26.9 Å². The molecule has 2 N–H and O–H groups in total. The van der Waals surface area contributed by atoms with Crippen LogP contribution in [0.4, 0.5) is 0 Å². The Hall–Kier alpha value is -2.91. The molecule has 0 unspecified atom stereocenters. The molecule has 3 rings (SSSR count). The SMILES string of the molecule is O=C(NCCNC(=O)c1nc(Cn2cc(Cl)cn2)no1)c1ccc(Cl)cc1. The molecule has 9 nitrogen and oxygen atoms in total. The van der Waals surface area contributed by atoms with Gasteiger partial charge in [0.2, 0.25) is 0 Å². The summed E-state index contributed by atoms with van der Waals surface area (Å²) in [5.41, 5.74) is 0.478. The van der Waals surface area contributed by atoms with Crippen LogP contribution in [0, 0.1) is 0 Å². The van der Waals surface area contributed by atoms with E-state index in [0.29, 0.717) is 15.6 Å². The molecule has 2 heterocycles. The molecule has 11 heteroatoms. The third-order valence-corrected chi connectivity index (χ3v) is 3.82. The van der Waals surface area contributed by atoms with E-state index in [9.17, 15) is 9.59 Å². The fraction of sp³-hybridized carbons (Fsp3) is 0.188. The average molecular weight is 409 g/mol. The first-order chi connectivity index (χ1) is 13.0. The Bertz CT molecular complexity index is 938. The van der Waals surface area contributed by atoms with Crippen molar-refractivity contribution in [3.05, 3.63) is 64.0 Å². The van der Waals surface area contributed by atoms with Crippen LogP contribution < -0.4 is 10.6 Å². The number of rotatable bonds is 7. The quantitative estimate of drug-likeness (QED) is 0.575. The van der Waals surface area contributed by atoms with Gasteiger partial charge in [-0.05, 0) is 24.3 Å². The van der Waals surface area contributed by atoms with Crippen molar-refractivity contribution in [2.24, 2.45) is 0 Å². The molecule has 0 radical (unpaired) electrons. The van der Waals surface area contributed by atoms with Gasteiger partial charge in [-0.2, -0.15) is 10.1 Å². The topological polar surface area (TPSA) is 115 Å². The number of amides is 2. The molecule has 0 bridgehead atoms. The van der Waals surface area contributed by atoms with Crippen molar-refractivity contribution in [3.63, 3.8) is 0 Å². The van der Waals surface area contributed by atoms with Crippen molar-refractivity contribution in [1.82, 2.24) is 30.6 Å². The lowest BCUT2D eigenvalue weighted by Crippen LogP contribution is -2.34. The number of benzene rings is 1. The van der Waals surface area contributed by atoms with Crippen LogP contribution in [0.3, 0.4) is 0 Å². The smallest absolute Gasteiger partial charge is 0.316 e. The van der Waals surface area contributed by atoms with Gasteiger partial charge >= 0.3 is 11.8 Å². The fourth-order valence-electron chi connectivity index (χ4n) is 2.11. The van der Waals surface area contributed by atoms with Gasteiger partial charge in [-0.15, -0.1) is 0 Å². The molecular formula is C16H14Cl2N6O3. The summed E-state index contributed by atoms with van der Waals surface area (Å²) in [7, 11) is 0. The van der Waals surface area contributed by atoms with E-state index in [4.69, 9.17) is 27.7 Å². The second-order valence-corrected chi connectivity index (χ2v) is 6.26. The summed E-state index contributed by atoms with van der Waals surface area (Å²) in [5.74, 6) is -0.685. The molecule has 3 aromatic rings. The molecule has 140 valence electrons. The predicted octanol–water partition coefficient (Wildman–Crippen LogP) is 1.78. The molecule has 2 amide bonds. The van der Waals surface area contributed by atoms with Crippen LogP contribution in [0.15, 0.2) is 41.2 Å². The zero-order valence-corrected chi connectivity index (χ0v) is 15.4. The minimum Gasteiger partial charge on any atom is -0.350 e. The van der Waals surface area contributed by atoms with E-state index < -0.39 is 5.91 Å². The minimum atomic E-state index is -0.534. The highest BCUT2D eigenvalue weighted by atomic mass is 35.5. The van der Waals surface area contributed by atoms with Gasteiger partial charge in [0.25, 0.3) is 5.91 Å². The minimum absolute atomic E-state index is 0.174. The maximum atomic E-state index is 12.0. The number of hydrogen-bond acceptors (Lipinski definition) is 6. The van der Waals surface area contributed by atoms with Gasteiger partial charge < -0.3 is 15.2 Å². The van der Waals surface area contributed by atoms with Crippen molar-refractivity contribution in [2.75, 3.05) is 13.1 Å². The number of nitrogens with zero attached hydrogens (tertiary/aromatic N) is 4. The summed E-state index contributed by atoms with van der Waals surface area (Å²) < 4.78 is 6.43. The monoisotopic (exact) mass is 408 g/mol. The van der Waals surface area contributed by atoms with Gasteiger partial charge in [0.15, 0.2) is 5.82 Å². The zero-order chi connectivity index (χ0) is 19.2. The van der Waals surface area contributed by atoms with Crippen molar-refractivity contribution in [2.45, 2.75) is 6.54 Å². The van der Waals surface area contributed by atoms with E-state index in [1.165, 1.54) is 10.9 Å². The van der Waals surface area contributed by atoms with E-state index in [1.54, 1.807) is 30.5 Å². The van der Waals surface area contributed by atoms with E-state index >= 15 is 0 Å². The second kappa shape index (κ2) is 8.65. The zero-order valence-electron chi connectivity index (χ0n) is 13.9. The fourth-order valence-corrected chi connectivity index (χ4v) is 2.39. The summed E-state index contributed by atoms with van der Waals surface area (Å²) in [5, 5.41) is 14.0. The lowest BCUT2D eigenvalue weighted by molar-refractivity contribution is 0.0898. The Kier molecular flexibility index (Phi) is 6.05. The lowest BCUT2D eigenvalue weighted by Gasteiger charge is -2.05. The van der Waals surface area contributed by atoms with Crippen LogP contribution in [0.25, 0.3) is 0 Å². The van der Waals surface area contributed by atoms with E-state index in [2.05, 4.69) is 25.9 Å². The summed E-state index contributed by atoms with van der Waals surface area (Å²) in [6.45, 7) is 0.658. The van der Waals surface area contributed by atoms with Crippen molar-refractivity contribution in [1.29, 1.82) is 0 Å².